The van der Waals surface area contributed by atoms with E-state index in [1.54, 1.807) is 21.3 Å². The summed E-state index contributed by atoms with van der Waals surface area (Å²) in [5, 5.41) is -0.0642. The molecule has 0 aliphatic heterocycles. The van der Waals surface area contributed by atoms with Gasteiger partial charge in [-0.1, -0.05) is 20.8 Å². The van der Waals surface area contributed by atoms with Gasteiger partial charge in [0.15, 0.2) is 0 Å². The molecular formula is C7H22O3Si2. The molecule has 0 aliphatic carbocycles. The van der Waals surface area contributed by atoms with Crippen molar-refractivity contribution in [2.75, 3.05) is 21.3 Å². The first-order chi connectivity index (χ1) is 4.93. The molecule has 76 valence electrons. The minimum Gasteiger partial charge on any atom is -0.377 e. The molecule has 0 amide bonds. The Balaban J connectivity index is 0. The van der Waals surface area contributed by atoms with E-state index in [4.69, 9.17) is 13.3 Å². The highest BCUT2D eigenvalue weighted by Crippen LogP contribution is 2.36. The zero-order valence-corrected chi connectivity index (χ0v) is 9.22. The third kappa shape index (κ3) is 2.67. The summed E-state index contributed by atoms with van der Waals surface area (Å²) < 4.78 is 15.9. The number of hydrogen-bond donors (Lipinski definition) is 0. The van der Waals surface area contributed by atoms with Gasteiger partial charge in [-0.25, -0.2) is 0 Å². The SMILES string of the molecule is CO[Si](OC)(OC)C(C)(C)C.[SiH4]. The lowest BCUT2D eigenvalue weighted by molar-refractivity contribution is 0.0989. The van der Waals surface area contributed by atoms with Crippen LogP contribution in [0.15, 0.2) is 0 Å². The molecule has 12 heavy (non-hydrogen) atoms. The first-order valence-electron chi connectivity index (χ1n) is 3.59. The van der Waals surface area contributed by atoms with Gasteiger partial charge >= 0.3 is 8.80 Å². The van der Waals surface area contributed by atoms with Gasteiger partial charge in [0.05, 0.1) is 0 Å². The Morgan fingerprint density at radius 1 is 0.833 bits per heavy atom. The van der Waals surface area contributed by atoms with Gasteiger partial charge < -0.3 is 13.3 Å². The summed E-state index contributed by atoms with van der Waals surface area (Å²) in [6, 6.07) is 0. The van der Waals surface area contributed by atoms with Crippen molar-refractivity contribution in [3.63, 3.8) is 0 Å². The summed E-state index contributed by atoms with van der Waals surface area (Å²) >= 11 is 0. The summed E-state index contributed by atoms with van der Waals surface area (Å²) in [7, 11) is 2.47. The molecule has 0 spiro atoms. The van der Waals surface area contributed by atoms with E-state index in [1.807, 2.05) is 0 Å². The van der Waals surface area contributed by atoms with Gasteiger partial charge in [-0.05, 0) is 11.0 Å². The molecule has 5 heteroatoms. The Morgan fingerprint density at radius 3 is 1.08 bits per heavy atom. The van der Waals surface area contributed by atoms with Gasteiger partial charge in [-0.15, -0.1) is 0 Å². The average molecular weight is 210 g/mol. The molecule has 0 unspecified atom stereocenters. The summed E-state index contributed by atoms with van der Waals surface area (Å²) in [4.78, 5) is 0. The van der Waals surface area contributed by atoms with Crippen molar-refractivity contribution >= 4 is 19.8 Å². The summed E-state index contributed by atoms with van der Waals surface area (Å²) in [5.41, 5.74) is 0. The molecule has 0 aromatic rings. The lowest BCUT2D eigenvalue weighted by atomic mass is 10.3. The van der Waals surface area contributed by atoms with Gasteiger partial charge in [0, 0.05) is 26.4 Å². The molecule has 0 N–H and O–H groups in total. The molecule has 0 fully saturated rings. The molecule has 0 aromatic carbocycles. The fourth-order valence-corrected chi connectivity index (χ4v) is 3.51. The highest BCUT2D eigenvalue weighted by Gasteiger charge is 2.50. The molecule has 0 aliphatic rings. The molecule has 0 saturated heterocycles. The molecular weight excluding hydrogens is 188 g/mol. The first kappa shape index (κ1) is 14.8. The lowest BCUT2D eigenvalue weighted by Crippen LogP contribution is -2.51. The smallest absolute Gasteiger partial charge is 0.377 e. The van der Waals surface area contributed by atoms with Crippen LogP contribution < -0.4 is 0 Å². The predicted octanol–water partition coefficient (Wildman–Crippen LogP) is 0.213. The van der Waals surface area contributed by atoms with E-state index in [-0.39, 0.29) is 16.0 Å². The largest absolute Gasteiger partial charge is 0.505 e. The van der Waals surface area contributed by atoms with E-state index in [1.165, 1.54) is 0 Å². The highest BCUT2D eigenvalue weighted by molar-refractivity contribution is 6.63. The molecule has 0 saturated carbocycles. The third-order valence-corrected chi connectivity index (χ3v) is 5.17. The second kappa shape index (κ2) is 5.13. The molecule has 3 nitrogen and oxygen atoms in total. The number of rotatable bonds is 3. The van der Waals surface area contributed by atoms with Crippen LogP contribution in [0.25, 0.3) is 0 Å². The average Bonchev–Trinajstić information content (AvgIpc) is 1.90. The topological polar surface area (TPSA) is 27.7 Å². The third-order valence-electron chi connectivity index (χ3n) is 1.72. The fourth-order valence-electron chi connectivity index (χ4n) is 1.17. The maximum absolute atomic E-state index is 5.30. The van der Waals surface area contributed by atoms with E-state index in [0.717, 1.165) is 0 Å². The lowest BCUT2D eigenvalue weighted by Gasteiger charge is -2.35. The Morgan fingerprint density at radius 2 is 1.08 bits per heavy atom. The van der Waals surface area contributed by atoms with Gasteiger partial charge in [-0.3, -0.25) is 0 Å². The Labute approximate surface area is 80.8 Å². The van der Waals surface area contributed by atoms with E-state index in [2.05, 4.69) is 20.8 Å². The Kier molecular flexibility index (Phi) is 6.34. The molecule has 0 radical (unpaired) electrons. The van der Waals surface area contributed by atoms with E-state index >= 15 is 0 Å². The van der Waals surface area contributed by atoms with Crippen LogP contribution in [0.3, 0.4) is 0 Å². The van der Waals surface area contributed by atoms with Gasteiger partial charge in [-0.2, -0.15) is 0 Å². The Hall–Kier alpha value is 0.314. The quantitative estimate of drug-likeness (QED) is 0.624. The van der Waals surface area contributed by atoms with E-state index in [0.29, 0.717) is 0 Å². The number of hydrogen-bond acceptors (Lipinski definition) is 3. The summed E-state index contributed by atoms with van der Waals surface area (Å²) in [5.74, 6) is 0. The summed E-state index contributed by atoms with van der Waals surface area (Å²) in [6.07, 6.45) is 0. The molecule has 0 aromatic heterocycles. The summed E-state index contributed by atoms with van der Waals surface area (Å²) in [6.45, 7) is 6.15. The van der Waals surface area contributed by atoms with Crippen molar-refractivity contribution in [1.29, 1.82) is 0 Å². The molecule has 0 bridgehead atoms. The normalized spacial score (nSPS) is 12.5. The monoisotopic (exact) mass is 210 g/mol. The minimum absolute atomic E-state index is 0. The van der Waals surface area contributed by atoms with Crippen molar-refractivity contribution in [3.05, 3.63) is 0 Å². The maximum Gasteiger partial charge on any atom is 0.505 e. The maximum atomic E-state index is 5.30. The fraction of sp³-hybridized carbons (Fsp3) is 1.00. The van der Waals surface area contributed by atoms with Crippen LogP contribution in [0, 0.1) is 0 Å². The molecule has 0 rings (SSSR count). The van der Waals surface area contributed by atoms with Crippen molar-refractivity contribution in [2.45, 2.75) is 25.8 Å². The van der Waals surface area contributed by atoms with E-state index in [9.17, 15) is 0 Å². The first-order valence-corrected chi connectivity index (χ1v) is 5.31. The van der Waals surface area contributed by atoms with Crippen LogP contribution in [0.4, 0.5) is 0 Å². The Bertz CT molecular complexity index is 110. The predicted molar refractivity (Wildman–Crippen MR) is 57.8 cm³/mol. The van der Waals surface area contributed by atoms with Crippen LogP contribution >= 0.6 is 0 Å². The van der Waals surface area contributed by atoms with Gasteiger partial charge in [0.25, 0.3) is 0 Å². The zero-order chi connectivity index (χ0) is 9.12. The zero-order valence-electron chi connectivity index (χ0n) is 8.22. The van der Waals surface area contributed by atoms with Crippen molar-refractivity contribution in [2.24, 2.45) is 0 Å². The van der Waals surface area contributed by atoms with Crippen LogP contribution in [0.1, 0.15) is 20.8 Å². The van der Waals surface area contributed by atoms with Crippen molar-refractivity contribution < 1.29 is 13.3 Å². The highest BCUT2D eigenvalue weighted by atomic mass is 28.4. The van der Waals surface area contributed by atoms with Crippen LogP contribution in [-0.2, 0) is 13.3 Å². The van der Waals surface area contributed by atoms with Crippen molar-refractivity contribution in [1.82, 2.24) is 0 Å². The van der Waals surface area contributed by atoms with Crippen LogP contribution in [0.5, 0.6) is 0 Å². The van der Waals surface area contributed by atoms with E-state index < -0.39 is 8.80 Å². The second-order valence-electron chi connectivity index (χ2n) is 3.42. The van der Waals surface area contributed by atoms with Gasteiger partial charge in [0.2, 0.25) is 0 Å². The van der Waals surface area contributed by atoms with Crippen molar-refractivity contribution in [3.8, 4) is 0 Å². The van der Waals surface area contributed by atoms with Crippen LogP contribution in [-0.4, -0.2) is 41.1 Å². The molecule has 0 heterocycles. The van der Waals surface area contributed by atoms with Crippen LogP contribution in [0.2, 0.25) is 5.04 Å². The van der Waals surface area contributed by atoms with Gasteiger partial charge in [0.1, 0.15) is 0 Å². The minimum atomic E-state index is -2.42. The standard InChI is InChI=1S/C7H18O3Si.H4Si/c1-7(2,3)11(8-4,9-5)10-6;/h1-6H3;1H4. The second-order valence-corrected chi connectivity index (χ2v) is 7.26. The molecule has 0 atom stereocenters.